The maximum atomic E-state index is 12.2. The Morgan fingerprint density at radius 2 is 2.00 bits per heavy atom. The smallest absolute Gasteiger partial charge is 0.387 e. The van der Waals surface area contributed by atoms with Crippen molar-refractivity contribution in [3.63, 3.8) is 0 Å². The lowest BCUT2D eigenvalue weighted by Gasteiger charge is -2.34. The first kappa shape index (κ1) is 16.2. The monoisotopic (exact) mass is 298 g/mol. The molecular weight excluding hydrogens is 274 g/mol. The normalized spacial score (nSPS) is 24.0. The third-order valence-corrected chi connectivity index (χ3v) is 4.52. The fraction of sp³-hybridized carbons (Fsp3) is 0.625. The van der Waals surface area contributed by atoms with Gasteiger partial charge in [0.1, 0.15) is 5.75 Å². The Morgan fingerprint density at radius 1 is 1.29 bits per heavy atom. The summed E-state index contributed by atoms with van der Waals surface area (Å²) in [4.78, 5) is 0. The molecule has 0 aromatic heterocycles. The van der Waals surface area contributed by atoms with Gasteiger partial charge in [0.25, 0.3) is 0 Å². The molecule has 5 heteroatoms. The van der Waals surface area contributed by atoms with Gasteiger partial charge in [-0.15, -0.1) is 0 Å². The molecule has 3 nitrogen and oxygen atoms in total. The van der Waals surface area contributed by atoms with E-state index in [9.17, 15) is 8.78 Å². The first-order valence-corrected chi connectivity index (χ1v) is 7.65. The van der Waals surface area contributed by atoms with E-state index in [0.29, 0.717) is 5.92 Å². The minimum absolute atomic E-state index is 0.0694. The van der Waals surface area contributed by atoms with Crippen LogP contribution in [0.25, 0.3) is 0 Å². The maximum Gasteiger partial charge on any atom is 0.387 e. The Hall–Kier alpha value is -1.20. The zero-order valence-corrected chi connectivity index (χ0v) is 12.4. The van der Waals surface area contributed by atoms with E-state index in [2.05, 4.69) is 17.1 Å². The molecule has 0 spiro atoms. The minimum atomic E-state index is -2.79. The van der Waals surface area contributed by atoms with Crippen LogP contribution in [0.3, 0.4) is 0 Å². The van der Waals surface area contributed by atoms with Crippen molar-refractivity contribution in [1.29, 1.82) is 0 Å². The summed E-state index contributed by atoms with van der Waals surface area (Å²) in [6.07, 6.45) is 6.05. The van der Waals surface area contributed by atoms with E-state index < -0.39 is 6.61 Å². The quantitative estimate of drug-likeness (QED) is 0.616. The maximum absolute atomic E-state index is 12.2. The first-order valence-electron chi connectivity index (χ1n) is 7.65. The van der Waals surface area contributed by atoms with E-state index in [1.165, 1.54) is 25.7 Å². The SMILES string of the molecule is CCC1CCCC(C(NN)c2ccc(OC(F)F)cc2)C1. The number of rotatable bonds is 6. The molecule has 3 unspecified atom stereocenters. The third kappa shape index (κ3) is 4.38. The highest BCUT2D eigenvalue weighted by Gasteiger charge is 2.28. The number of nitrogens with two attached hydrogens (primary N) is 1. The lowest BCUT2D eigenvalue weighted by Crippen LogP contribution is -2.35. The van der Waals surface area contributed by atoms with Gasteiger partial charge in [-0.2, -0.15) is 8.78 Å². The van der Waals surface area contributed by atoms with Crippen LogP contribution in [0.2, 0.25) is 0 Å². The van der Waals surface area contributed by atoms with Crippen LogP contribution in [0.15, 0.2) is 24.3 Å². The van der Waals surface area contributed by atoms with Gasteiger partial charge in [0.2, 0.25) is 0 Å². The summed E-state index contributed by atoms with van der Waals surface area (Å²) >= 11 is 0. The van der Waals surface area contributed by atoms with Crippen LogP contribution < -0.4 is 16.0 Å². The van der Waals surface area contributed by atoms with Gasteiger partial charge in [0.15, 0.2) is 0 Å². The number of alkyl halides is 2. The molecule has 0 amide bonds. The second-order valence-electron chi connectivity index (χ2n) is 5.79. The number of hydrazine groups is 1. The zero-order valence-electron chi connectivity index (χ0n) is 12.4. The van der Waals surface area contributed by atoms with Gasteiger partial charge in [0, 0.05) is 6.04 Å². The summed E-state index contributed by atoms with van der Waals surface area (Å²) in [6.45, 7) is -0.558. The summed E-state index contributed by atoms with van der Waals surface area (Å²) in [5.74, 6) is 7.18. The molecule has 1 aromatic rings. The summed E-state index contributed by atoms with van der Waals surface area (Å²) < 4.78 is 28.7. The van der Waals surface area contributed by atoms with E-state index in [1.54, 1.807) is 12.1 Å². The highest BCUT2D eigenvalue weighted by Crippen LogP contribution is 2.38. The molecule has 3 N–H and O–H groups in total. The van der Waals surface area contributed by atoms with Gasteiger partial charge in [0.05, 0.1) is 0 Å². The highest BCUT2D eigenvalue weighted by molar-refractivity contribution is 5.29. The van der Waals surface area contributed by atoms with E-state index in [0.717, 1.165) is 17.9 Å². The first-order chi connectivity index (χ1) is 10.1. The van der Waals surface area contributed by atoms with Gasteiger partial charge >= 0.3 is 6.61 Å². The number of nitrogens with one attached hydrogen (secondary N) is 1. The Labute approximate surface area is 124 Å². The molecule has 1 aliphatic carbocycles. The topological polar surface area (TPSA) is 47.3 Å². The highest BCUT2D eigenvalue weighted by atomic mass is 19.3. The molecule has 0 aliphatic heterocycles. The summed E-state index contributed by atoms with van der Waals surface area (Å²) in [5, 5.41) is 0. The summed E-state index contributed by atoms with van der Waals surface area (Å²) in [7, 11) is 0. The van der Waals surface area contributed by atoms with Crippen molar-refractivity contribution in [3.05, 3.63) is 29.8 Å². The Balaban J connectivity index is 2.06. The predicted molar refractivity (Wildman–Crippen MR) is 78.9 cm³/mol. The molecule has 0 heterocycles. The van der Waals surface area contributed by atoms with Gasteiger partial charge in [-0.05, 0) is 42.4 Å². The van der Waals surface area contributed by atoms with Crippen molar-refractivity contribution < 1.29 is 13.5 Å². The van der Waals surface area contributed by atoms with Crippen molar-refractivity contribution in [2.45, 2.75) is 51.7 Å². The standard InChI is InChI=1S/C16H24F2N2O/c1-2-11-4-3-5-13(10-11)15(20-19)12-6-8-14(9-7-12)21-16(17)18/h6-9,11,13,15-16,20H,2-5,10,19H2,1H3. The van der Waals surface area contributed by atoms with Crippen LogP contribution in [0.5, 0.6) is 5.75 Å². The number of hydrogen-bond acceptors (Lipinski definition) is 3. The molecular formula is C16H24F2N2O. The zero-order chi connectivity index (χ0) is 15.2. The third-order valence-electron chi connectivity index (χ3n) is 4.52. The second kappa shape index (κ2) is 7.71. The molecule has 21 heavy (non-hydrogen) atoms. The fourth-order valence-electron chi connectivity index (χ4n) is 3.37. The molecule has 0 saturated heterocycles. The van der Waals surface area contributed by atoms with E-state index in [4.69, 9.17) is 5.84 Å². The average Bonchev–Trinajstić information content (AvgIpc) is 2.49. The Bertz CT molecular complexity index is 425. The lowest BCUT2D eigenvalue weighted by molar-refractivity contribution is -0.0498. The molecule has 1 aromatic carbocycles. The van der Waals surface area contributed by atoms with Gasteiger partial charge in [-0.1, -0.05) is 38.3 Å². The number of ether oxygens (including phenoxy) is 1. The lowest BCUT2D eigenvalue weighted by atomic mass is 9.75. The molecule has 1 fully saturated rings. The summed E-state index contributed by atoms with van der Waals surface area (Å²) in [5.41, 5.74) is 3.93. The van der Waals surface area contributed by atoms with Gasteiger partial charge in [-0.25, -0.2) is 0 Å². The van der Waals surface area contributed by atoms with Crippen molar-refractivity contribution in [2.75, 3.05) is 0 Å². The van der Waals surface area contributed by atoms with Crippen LogP contribution in [0.1, 0.15) is 50.6 Å². The van der Waals surface area contributed by atoms with E-state index in [1.807, 2.05) is 12.1 Å². The number of benzene rings is 1. The van der Waals surface area contributed by atoms with Gasteiger partial charge < -0.3 is 4.74 Å². The molecule has 3 atom stereocenters. The molecule has 0 radical (unpaired) electrons. The van der Waals surface area contributed by atoms with Crippen molar-refractivity contribution in [3.8, 4) is 5.75 Å². The number of hydrogen-bond donors (Lipinski definition) is 2. The predicted octanol–water partition coefficient (Wildman–Crippen LogP) is 4.01. The number of halogens is 2. The van der Waals surface area contributed by atoms with Crippen LogP contribution in [0.4, 0.5) is 8.78 Å². The molecule has 118 valence electrons. The summed E-state index contributed by atoms with van der Waals surface area (Å²) in [6, 6.07) is 6.85. The fourth-order valence-corrected chi connectivity index (χ4v) is 3.37. The van der Waals surface area contributed by atoms with E-state index in [-0.39, 0.29) is 11.8 Å². The van der Waals surface area contributed by atoms with Crippen LogP contribution >= 0.6 is 0 Å². The van der Waals surface area contributed by atoms with Crippen molar-refractivity contribution >= 4 is 0 Å². The average molecular weight is 298 g/mol. The Kier molecular flexibility index (Phi) is 5.94. The van der Waals surface area contributed by atoms with Crippen LogP contribution in [-0.4, -0.2) is 6.61 Å². The van der Waals surface area contributed by atoms with Crippen molar-refractivity contribution in [1.82, 2.24) is 5.43 Å². The van der Waals surface area contributed by atoms with Crippen LogP contribution in [0, 0.1) is 11.8 Å². The molecule has 1 aliphatic rings. The molecule has 0 bridgehead atoms. The molecule has 2 rings (SSSR count). The largest absolute Gasteiger partial charge is 0.435 e. The van der Waals surface area contributed by atoms with Crippen LogP contribution in [-0.2, 0) is 0 Å². The minimum Gasteiger partial charge on any atom is -0.435 e. The Morgan fingerprint density at radius 3 is 2.57 bits per heavy atom. The van der Waals surface area contributed by atoms with Crippen molar-refractivity contribution in [2.24, 2.45) is 17.7 Å². The second-order valence-corrected chi connectivity index (χ2v) is 5.79. The molecule has 1 saturated carbocycles. The van der Waals surface area contributed by atoms with Gasteiger partial charge in [-0.3, -0.25) is 11.3 Å². The van der Waals surface area contributed by atoms with E-state index >= 15 is 0 Å².